The largest absolute Gasteiger partial charge is 0.480 e. The van der Waals surface area contributed by atoms with Gasteiger partial charge in [0.15, 0.2) is 0 Å². The average molecular weight is 372 g/mol. The monoisotopic (exact) mass is 372 g/mol. The van der Waals surface area contributed by atoms with Crippen LogP contribution < -0.4 is 0 Å². The molecular formula is C21H28N2O4. The van der Waals surface area contributed by atoms with Crippen LogP contribution in [0.5, 0.6) is 0 Å². The third kappa shape index (κ3) is 4.49. The van der Waals surface area contributed by atoms with Crippen molar-refractivity contribution in [1.82, 2.24) is 9.80 Å². The smallest absolute Gasteiger partial charge is 0.323 e. The average Bonchev–Trinajstić information content (AvgIpc) is 3.43. The molecule has 1 aromatic carbocycles. The van der Waals surface area contributed by atoms with Gasteiger partial charge in [-0.05, 0) is 49.7 Å². The molecule has 146 valence electrons. The number of carbonyl (C=O) groups excluding carboxylic acids is 2. The Morgan fingerprint density at radius 2 is 1.93 bits per heavy atom. The van der Waals surface area contributed by atoms with E-state index in [0.29, 0.717) is 25.4 Å². The number of aliphatic carboxylic acids is 1. The van der Waals surface area contributed by atoms with Gasteiger partial charge in [-0.2, -0.15) is 0 Å². The summed E-state index contributed by atoms with van der Waals surface area (Å²) in [5.41, 5.74) is 2.51. The van der Waals surface area contributed by atoms with Crippen molar-refractivity contribution in [2.45, 2.75) is 51.5 Å². The first-order valence-corrected chi connectivity index (χ1v) is 9.71. The quantitative estimate of drug-likeness (QED) is 0.861. The molecule has 2 fully saturated rings. The van der Waals surface area contributed by atoms with Gasteiger partial charge in [0.1, 0.15) is 6.54 Å². The van der Waals surface area contributed by atoms with Gasteiger partial charge in [0.25, 0.3) is 0 Å². The first-order chi connectivity index (χ1) is 12.9. The van der Waals surface area contributed by atoms with E-state index in [2.05, 4.69) is 19.1 Å². The maximum Gasteiger partial charge on any atom is 0.323 e. The van der Waals surface area contributed by atoms with E-state index < -0.39 is 5.97 Å². The second-order valence-electron chi connectivity index (χ2n) is 7.76. The Bertz CT molecular complexity index is 733. The summed E-state index contributed by atoms with van der Waals surface area (Å²) in [6, 6.07) is 8.14. The third-order valence-corrected chi connectivity index (χ3v) is 5.86. The highest BCUT2D eigenvalue weighted by Crippen LogP contribution is 2.49. The molecule has 1 aromatic rings. The first kappa shape index (κ1) is 19.4. The highest BCUT2D eigenvalue weighted by atomic mass is 16.4. The Morgan fingerprint density at radius 1 is 1.19 bits per heavy atom. The second-order valence-corrected chi connectivity index (χ2v) is 7.76. The van der Waals surface area contributed by atoms with Crippen LogP contribution in [0.3, 0.4) is 0 Å². The summed E-state index contributed by atoms with van der Waals surface area (Å²) >= 11 is 0. The van der Waals surface area contributed by atoms with Crippen molar-refractivity contribution in [3.8, 4) is 0 Å². The molecule has 6 nitrogen and oxygen atoms in total. The van der Waals surface area contributed by atoms with Gasteiger partial charge >= 0.3 is 5.97 Å². The minimum Gasteiger partial charge on any atom is -0.480 e. The van der Waals surface area contributed by atoms with E-state index in [4.69, 9.17) is 5.11 Å². The minimum absolute atomic E-state index is 0.0607. The van der Waals surface area contributed by atoms with Crippen LogP contribution in [0.4, 0.5) is 0 Å². The van der Waals surface area contributed by atoms with Crippen molar-refractivity contribution in [3.63, 3.8) is 0 Å². The van der Waals surface area contributed by atoms with Gasteiger partial charge in [0, 0.05) is 32.0 Å². The zero-order valence-electron chi connectivity index (χ0n) is 16.1. The molecule has 6 heteroatoms. The van der Waals surface area contributed by atoms with Crippen LogP contribution in [-0.2, 0) is 14.4 Å². The normalized spacial score (nSPS) is 24.8. The Balaban J connectivity index is 1.60. The molecule has 0 radical (unpaired) electrons. The predicted molar refractivity (Wildman–Crippen MR) is 101 cm³/mol. The maximum atomic E-state index is 12.9. The van der Waals surface area contributed by atoms with Gasteiger partial charge in [-0.3, -0.25) is 14.4 Å². The van der Waals surface area contributed by atoms with E-state index in [1.165, 1.54) is 23.0 Å². The maximum absolute atomic E-state index is 12.9. The van der Waals surface area contributed by atoms with Gasteiger partial charge < -0.3 is 14.9 Å². The lowest BCUT2D eigenvalue weighted by atomic mass is 10.0. The Labute approximate surface area is 160 Å². The summed E-state index contributed by atoms with van der Waals surface area (Å²) in [5.74, 6) is -0.633. The number of amides is 2. The number of rotatable bonds is 5. The van der Waals surface area contributed by atoms with Gasteiger partial charge in [-0.15, -0.1) is 0 Å². The molecule has 2 aliphatic rings. The predicted octanol–water partition coefficient (Wildman–Crippen LogP) is 2.41. The molecule has 1 aliphatic carbocycles. The molecule has 1 aliphatic heterocycles. The first-order valence-electron chi connectivity index (χ1n) is 9.71. The number of likely N-dealkylation sites (tertiary alicyclic amines) is 1. The summed E-state index contributed by atoms with van der Waals surface area (Å²) in [7, 11) is 0. The van der Waals surface area contributed by atoms with Crippen LogP contribution in [0.1, 0.15) is 49.7 Å². The van der Waals surface area contributed by atoms with Gasteiger partial charge in [-0.25, -0.2) is 0 Å². The molecule has 0 unspecified atom stereocenters. The number of aryl methyl sites for hydroxylation is 1. The summed E-state index contributed by atoms with van der Waals surface area (Å²) in [4.78, 5) is 39.2. The number of hydrogen-bond acceptors (Lipinski definition) is 3. The lowest BCUT2D eigenvalue weighted by Gasteiger charge is -2.29. The molecule has 1 heterocycles. The van der Waals surface area contributed by atoms with Crippen LogP contribution in [0, 0.1) is 12.8 Å². The van der Waals surface area contributed by atoms with Crippen LogP contribution in [0.15, 0.2) is 24.3 Å². The fourth-order valence-electron chi connectivity index (χ4n) is 4.30. The SMILES string of the molecule is CC(=O)N(CC(=O)O)[C@@H]1CCCN(C(=O)[C@H]2C[C@H]2c2ccccc2C)CC1. The molecule has 27 heavy (non-hydrogen) atoms. The number of nitrogens with zero attached hydrogens (tertiary/aromatic N) is 2. The highest BCUT2D eigenvalue weighted by Gasteiger charge is 2.46. The van der Waals surface area contributed by atoms with Crippen LogP contribution >= 0.6 is 0 Å². The van der Waals surface area contributed by atoms with Crippen molar-refractivity contribution in [1.29, 1.82) is 0 Å². The highest BCUT2D eigenvalue weighted by molar-refractivity contribution is 5.83. The number of hydrogen-bond donors (Lipinski definition) is 1. The molecule has 0 aromatic heterocycles. The van der Waals surface area contributed by atoms with Crippen molar-refractivity contribution >= 4 is 17.8 Å². The van der Waals surface area contributed by atoms with Gasteiger partial charge in [-0.1, -0.05) is 24.3 Å². The summed E-state index contributed by atoms with van der Waals surface area (Å²) in [5, 5.41) is 9.06. The fraction of sp³-hybridized carbons (Fsp3) is 0.571. The Morgan fingerprint density at radius 3 is 2.59 bits per heavy atom. The molecule has 1 saturated carbocycles. The van der Waals surface area contributed by atoms with E-state index in [0.717, 1.165) is 19.3 Å². The molecule has 2 amide bonds. The molecule has 0 spiro atoms. The summed E-state index contributed by atoms with van der Waals surface area (Å²) in [6.07, 6.45) is 3.08. The van der Waals surface area contributed by atoms with Gasteiger partial charge in [0.05, 0.1) is 0 Å². The van der Waals surface area contributed by atoms with E-state index in [-0.39, 0.29) is 30.3 Å². The van der Waals surface area contributed by atoms with Gasteiger partial charge in [0.2, 0.25) is 11.8 Å². The third-order valence-electron chi connectivity index (χ3n) is 5.86. The zero-order valence-corrected chi connectivity index (χ0v) is 16.1. The van der Waals surface area contributed by atoms with E-state index in [9.17, 15) is 14.4 Å². The van der Waals surface area contributed by atoms with E-state index in [1.807, 2.05) is 17.0 Å². The van der Waals surface area contributed by atoms with Crippen LogP contribution in [0.2, 0.25) is 0 Å². The summed E-state index contributed by atoms with van der Waals surface area (Å²) in [6.45, 7) is 4.50. The lowest BCUT2D eigenvalue weighted by molar-refractivity contribution is -0.145. The fourth-order valence-corrected chi connectivity index (χ4v) is 4.30. The standard InChI is InChI=1S/C21H28N2O4/c1-14-6-3-4-8-17(14)18-12-19(18)21(27)22-10-5-7-16(9-11-22)23(15(2)24)13-20(25)26/h3-4,6,8,16,18-19H,5,7,9-13H2,1-2H3,(H,25,26)/t16-,18+,19+/m1/s1. The van der Waals surface area contributed by atoms with Crippen LogP contribution in [0.25, 0.3) is 0 Å². The Kier molecular flexibility index (Phi) is 5.82. The molecule has 1 saturated heterocycles. The molecular weight excluding hydrogens is 344 g/mol. The van der Waals surface area contributed by atoms with E-state index in [1.54, 1.807) is 0 Å². The molecule has 1 N–H and O–H groups in total. The molecule has 3 rings (SSSR count). The Hall–Kier alpha value is -2.37. The van der Waals surface area contributed by atoms with Crippen molar-refractivity contribution in [3.05, 3.63) is 35.4 Å². The lowest BCUT2D eigenvalue weighted by Crippen LogP contribution is -2.43. The number of carboxylic acid groups (broad SMARTS) is 1. The number of carboxylic acids is 1. The number of benzene rings is 1. The zero-order chi connectivity index (χ0) is 19.6. The minimum atomic E-state index is -0.999. The van der Waals surface area contributed by atoms with Crippen LogP contribution in [-0.4, -0.2) is 58.4 Å². The molecule has 3 atom stereocenters. The topological polar surface area (TPSA) is 77.9 Å². The van der Waals surface area contributed by atoms with Crippen molar-refractivity contribution < 1.29 is 19.5 Å². The summed E-state index contributed by atoms with van der Waals surface area (Å²) < 4.78 is 0. The molecule has 0 bridgehead atoms. The van der Waals surface area contributed by atoms with E-state index >= 15 is 0 Å². The second kappa shape index (κ2) is 8.11. The van der Waals surface area contributed by atoms with Crippen molar-refractivity contribution in [2.24, 2.45) is 5.92 Å². The number of carbonyl (C=O) groups is 3. The van der Waals surface area contributed by atoms with Crippen molar-refractivity contribution in [2.75, 3.05) is 19.6 Å².